The van der Waals surface area contributed by atoms with Crippen LogP contribution in [-0.2, 0) is 12.0 Å². The lowest BCUT2D eigenvalue weighted by atomic mass is 9.77. The van der Waals surface area contributed by atoms with E-state index in [1.807, 2.05) is 6.92 Å². The Kier molecular flexibility index (Phi) is 3.99. The summed E-state index contributed by atoms with van der Waals surface area (Å²) in [5.41, 5.74) is 6.53. The normalized spacial score (nSPS) is 15.9. The summed E-state index contributed by atoms with van der Waals surface area (Å²) in [6.07, 6.45) is 4.90. The van der Waals surface area contributed by atoms with Gasteiger partial charge in [-0.15, -0.1) is 12.4 Å². The van der Waals surface area contributed by atoms with Gasteiger partial charge in [0.25, 0.3) is 5.89 Å². The first-order valence-electron chi connectivity index (χ1n) is 7.26. The lowest BCUT2D eigenvalue weighted by Gasteiger charge is -2.34. The van der Waals surface area contributed by atoms with Gasteiger partial charge in [0.2, 0.25) is 5.89 Å². The Morgan fingerprint density at radius 2 is 2.13 bits per heavy atom. The van der Waals surface area contributed by atoms with Gasteiger partial charge in [0, 0.05) is 0 Å². The SMILES string of the molecule is Cc1oc(-c2ccco2)nc1Cc1nc(C2(N)CCC2)no1.Cl. The van der Waals surface area contributed by atoms with E-state index < -0.39 is 5.54 Å². The molecule has 0 spiro atoms. The molecule has 1 aliphatic carbocycles. The highest BCUT2D eigenvalue weighted by atomic mass is 35.5. The zero-order valence-electron chi connectivity index (χ0n) is 12.6. The Hall–Kier alpha value is -2.12. The van der Waals surface area contributed by atoms with Crippen molar-refractivity contribution >= 4 is 12.4 Å². The summed E-state index contributed by atoms with van der Waals surface area (Å²) in [4.78, 5) is 8.84. The molecule has 0 amide bonds. The predicted octanol–water partition coefficient (Wildman–Crippen LogP) is 2.98. The van der Waals surface area contributed by atoms with Crippen LogP contribution < -0.4 is 5.73 Å². The summed E-state index contributed by atoms with van der Waals surface area (Å²) < 4.78 is 16.2. The van der Waals surface area contributed by atoms with Crippen LogP contribution in [0.5, 0.6) is 0 Å². The van der Waals surface area contributed by atoms with Gasteiger partial charge in [0.1, 0.15) is 5.76 Å². The number of aryl methyl sites for hydroxylation is 1. The number of nitrogens with zero attached hydrogens (tertiary/aromatic N) is 3. The van der Waals surface area contributed by atoms with Gasteiger partial charge in [0.15, 0.2) is 11.6 Å². The fourth-order valence-corrected chi connectivity index (χ4v) is 2.55. The van der Waals surface area contributed by atoms with Crippen LogP contribution in [0.15, 0.2) is 31.8 Å². The predicted molar refractivity (Wildman–Crippen MR) is 83.0 cm³/mol. The quantitative estimate of drug-likeness (QED) is 0.780. The van der Waals surface area contributed by atoms with Gasteiger partial charge in [-0.2, -0.15) is 4.98 Å². The number of furan rings is 1. The van der Waals surface area contributed by atoms with Crippen LogP contribution in [0.4, 0.5) is 0 Å². The van der Waals surface area contributed by atoms with Crippen molar-refractivity contribution < 1.29 is 13.4 Å². The van der Waals surface area contributed by atoms with Crippen molar-refractivity contribution in [3.63, 3.8) is 0 Å². The maximum atomic E-state index is 6.20. The van der Waals surface area contributed by atoms with Gasteiger partial charge < -0.3 is 19.1 Å². The third kappa shape index (κ3) is 2.77. The van der Waals surface area contributed by atoms with Crippen LogP contribution in [0.3, 0.4) is 0 Å². The molecule has 4 rings (SSSR count). The molecule has 0 radical (unpaired) electrons. The van der Waals surface area contributed by atoms with Crippen LogP contribution in [0.2, 0.25) is 0 Å². The molecule has 8 heteroatoms. The highest BCUT2D eigenvalue weighted by Gasteiger charge is 2.39. The van der Waals surface area contributed by atoms with Crippen LogP contribution in [0, 0.1) is 6.92 Å². The molecule has 3 heterocycles. The van der Waals surface area contributed by atoms with Gasteiger partial charge in [0.05, 0.1) is 23.9 Å². The first-order chi connectivity index (χ1) is 10.6. The van der Waals surface area contributed by atoms with Crippen molar-refractivity contribution in [2.75, 3.05) is 0 Å². The molecule has 7 nitrogen and oxygen atoms in total. The topological polar surface area (TPSA) is 104 Å². The van der Waals surface area contributed by atoms with E-state index in [4.69, 9.17) is 19.1 Å². The van der Waals surface area contributed by atoms with Crippen LogP contribution >= 0.6 is 12.4 Å². The van der Waals surface area contributed by atoms with Crippen LogP contribution in [-0.4, -0.2) is 15.1 Å². The monoisotopic (exact) mass is 336 g/mol. The first-order valence-corrected chi connectivity index (χ1v) is 7.26. The van der Waals surface area contributed by atoms with Crippen LogP contribution in [0.1, 0.15) is 42.4 Å². The summed E-state index contributed by atoms with van der Waals surface area (Å²) in [5.74, 6) is 2.83. The summed E-state index contributed by atoms with van der Waals surface area (Å²) in [5, 5.41) is 4.00. The molecule has 1 fully saturated rings. The molecule has 23 heavy (non-hydrogen) atoms. The van der Waals surface area contributed by atoms with Gasteiger partial charge in [-0.05, 0) is 38.3 Å². The van der Waals surface area contributed by atoms with Crippen molar-refractivity contribution in [2.24, 2.45) is 5.73 Å². The fourth-order valence-electron chi connectivity index (χ4n) is 2.55. The van der Waals surface area contributed by atoms with E-state index in [0.29, 0.717) is 35.5 Å². The van der Waals surface area contributed by atoms with E-state index in [9.17, 15) is 0 Å². The largest absolute Gasteiger partial charge is 0.459 e. The molecular weight excluding hydrogens is 320 g/mol. The number of oxazole rings is 1. The van der Waals surface area contributed by atoms with Gasteiger partial charge in [-0.3, -0.25) is 0 Å². The second-order valence-electron chi connectivity index (χ2n) is 5.70. The summed E-state index contributed by atoms with van der Waals surface area (Å²) in [6, 6.07) is 3.59. The molecule has 0 unspecified atom stereocenters. The molecule has 0 bridgehead atoms. The van der Waals surface area contributed by atoms with E-state index in [2.05, 4.69) is 15.1 Å². The van der Waals surface area contributed by atoms with E-state index in [1.54, 1.807) is 18.4 Å². The molecule has 0 saturated heterocycles. The lowest BCUT2D eigenvalue weighted by molar-refractivity contribution is 0.229. The minimum absolute atomic E-state index is 0. The molecule has 2 N–H and O–H groups in total. The second kappa shape index (κ2) is 5.82. The number of hydrogen-bond acceptors (Lipinski definition) is 7. The second-order valence-corrected chi connectivity index (χ2v) is 5.70. The summed E-state index contributed by atoms with van der Waals surface area (Å²) in [7, 11) is 0. The van der Waals surface area contributed by atoms with E-state index in [1.165, 1.54) is 0 Å². The highest BCUT2D eigenvalue weighted by Crippen LogP contribution is 2.37. The minimum Gasteiger partial charge on any atom is -0.459 e. The Morgan fingerprint density at radius 1 is 1.30 bits per heavy atom. The number of aromatic nitrogens is 3. The van der Waals surface area contributed by atoms with Crippen molar-refractivity contribution in [1.29, 1.82) is 0 Å². The van der Waals surface area contributed by atoms with Gasteiger partial charge in [-0.25, -0.2) is 4.98 Å². The molecule has 3 aromatic rings. The van der Waals surface area contributed by atoms with E-state index in [0.717, 1.165) is 25.0 Å². The van der Waals surface area contributed by atoms with Crippen molar-refractivity contribution in [2.45, 2.75) is 38.1 Å². The standard InChI is InChI=1S/C15H16N4O3.ClH/c1-9-10(17-13(21-9)11-4-2-7-20-11)8-12-18-14(19-22-12)15(16)5-3-6-15;/h2,4,7H,3,5-6,8,16H2,1H3;1H. The molecule has 0 aliphatic heterocycles. The van der Waals surface area contributed by atoms with Crippen LogP contribution in [0.25, 0.3) is 11.7 Å². The Morgan fingerprint density at radius 3 is 2.78 bits per heavy atom. The lowest BCUT2D eigenvalue weighted by Crippen LogP contribution is -2.44. The third-order valence-corrected chi connectivity index (χ3v) is 4.10. The fraction of sp³-hybridized carbons (Fsp3) is 0.400. The highest BCUT2D eigenvalue weighted by molar-refractivity contribution is 5.85. The Labute approximate surface area is 138 Å². The molecule has 1 saturated carbocycles. The van der Waals surface area contributed by atoms with E-state index >= 15 is 0 Å². The third-order valence-electron chi connectivity index (χ3n) is 4.10. The molecule has 122 valence electrons. The number of nitrogens with two attached hydrogens (primary N) is 1. The molecule has 0 atom stereocenters. The average molecular weight is 337 g/mol. The zero-order chi connectivity index (χ0) is 15.2. The Bertz CT molecular complexity index is 790. The first kappa shape index (κ1) is 15.8. The van der Waals surface area contributed by atoms with Crippen molar-refractivity contribution in [3.8, 4) is 11.7 Å². The summed E-state index contributed by atoms with van der Waals surface area (Å²) in [6.45, 7) is 1.85. The summed E-state index contributed by atoms with van der Waals surface area (Å²) >= 11 is 0. The molecule has 1 aliphatic rings. The molecular formula is C15H17ClN4O3. The van der Waals surface area contributed by atoms with Gasteiger partial charge >= 0.3 is 0 Å². The zero-order valence-corrected chi connectivity index (χ0v) is 13.4. The number of halogens is 1. The molecule has 0 aromatic carbocycles. The average Bonchev–Trinajstić information content (AvgIpc) is 3.18. The van der Waals surface area contributed by atoms with E-state index in [-0.39, 0.29) is 12.4 Å². The maximum Gasteiger partial charge on any atom is 0.263 e. The molecule has 3 aromatic heterocycles. The van der Waals surface area contributed by atoms with Gasteiger partial charge in [-0.1, -0.05) is 5.16 Å². The van der Waals surface area contributed by atoms with Crippen molar-refractivity contribution in [3.05, 3.63) is 41.6 Å². The maximum absolute atomic E-state index is 6.20. The minimum atomic E-state index is -0.417. The number of hydrogen-bond donors (Lipinski definition) is 1. The number of rotatable bonds is 4. The smallest absolute Gasteiger partial charge is 0.263 e. The Balaban J connectivity index is 0.00000156. The van der Waals surface area contributed by atoms with Crippen molar-refractivity contribution in [1.82, 2.24) is 15.1 Å².